The molecule has 0 saturated carbocycles. The number of aromatic amines is 1. The Bertz CT molecular complexity index is 1350. The van der Waals surface area contributed by atoms with Gasteiger partial charge in [0.25, 0.3) is 0 Å². The second-order valence-corrected chi connectivity index (χ2v) is 10.6. The molecule has 2 atom stereocenters. The Hall–Kier alpha value is -3.76. The molecular formula is C29H35N7O3. The predicted molar refractivity (Wildman–Crippen MR) is 150 cm³/mol. The van der Waals surface area contributed by atoms with Crippen molar-refractivity contribution < 1.29 is 14.3 Å². The summed E-state index contributed by atoms with van der Waals surface area (Å²) in [5, 5.41) is 4.10. The molecule has 3 fully saturated rings. The summed E-state index contributed by atoms with van der Waals surface area (Å²) < 4.78 is 5.49. The van der Waals surface area contributed by atoms with Crippen molar-refractivity contribution >= 4 is 34.4 Å². The average molecular weight is 530 g/mol. The van der Waals surface area contributed by atoms with Crippen LogP contribution in [-0.4, -0.2) is 95.1 Å². The van der Waals surface area contributed by atoms with Crippen LogP contribution in [-0.2, 0) is 14.3 Å². The van der Waals surface area contributed by atoms with Gasteiger partial charge in [0.05, 0.1) is 24.5 Å². The molecule has 3 saturated heterocycles. The average Bonchev–Trinajstić information content (AvgIpc) is 3.66. The fourth-order valence-corrected chi connectivity index (χ4v) is 6.00. The summed E-state index contributed by atoms with van der Waals surface area (Å²) >= 11 is 0. The Morgan fingerprint density at radius 2 is 1.87 bits per heavy atom. The van der Waals surface area contributed by atoms with Gasteiger partial charge in [-0.3, -0.25) is 14.5 Å². The molecule has 2 unspecified atom stereocenters. The SMILES string of the molecule is C=CC(=O)N1CCCC(N2CCC(C(=O)Nc3ccc(-c4cc5c(N6CCOCC6)ncnc5[nH]4)cc3)C2)C1. The summed E-state index contributed by atoms with van der Waals surface area (Å²) in [5.41, 5.74) is 3.56. The third kappa shape index (κ3) is 5.39. The number of fused-ring (bicyclic) bond motifs is 1. The maximum Gasteiger partial charge on any atom is 0.246 e. The molecule has 39 heavy (non-hydrogen) atoms. The molecule has 2 N–H and O–H groups in total. The molecule has 0 spiro atoms. The molecule has 5 heterocycles. The molecule has 10 nitrogen and oxygen atoms in total. The van der Waals surface area contributed by atoms with E-state index in [0.717, 1.165) is 85.8 Å². The number of morpholine rings is 1. The highest BCUT2D eigenvalue weighted by Gasteiger charge is 2.35. The molecule has 1 aromatic carbocycles. The highest BCUT2D eigenvalue weighted by molar-refractivity contribution is 5.94. The first-order chi connectivity index (χ1) is 19.1. The smallest absolute Gasteiger partial charge is 0.246 e. The van der Waals surface area contributed by atoms with Gasteiger partial charge in [0, 0.05) is 50.1 Å². The van der Waals surface area contributed by atoms with Crippen LogP contribution < -0.4 is 10.2 Å². The first kappa shape index (κ1) is 25.5. The molecule has 0 bridgehead atoms. The fourth-order valence-electron chi connectivity index (χ4n) is 6.00. The van der Waals surface area contributed by atoms with Crippen LogP contribution in [0.4, 0.5) is 11.5 Å². The van der Waals surface area contributed by atoms with Crippen molar-refractivity contribution in [2.45, 2.75) is 25.3 Å². The van der Waals surface area contributed by atoms with Gasteiger partial charge in [0.1, 0.15) is 17.8 Å². The zero-order chi connectivity index (χ0) is 26.8. The second kappa shape index (κ2) is 11.2. The van der Waals surface area contributed by atoms with Crippen LogP contribution in [0.1, 0.15) is 19.3 Å². The molecule has 0 aliphatic carbocycles. The summed E-state index contributed by atoms with van der Waals surface area (Å²) in [4.78, 5) is 44.0. The third-order valence-corrected chi connectivity index (χ3v) is 8.17. The van der Waals surface area contributed by atoms with Crippen LogP contribution in [0.25, 0.3) is 22.3 Å². The molecule has 3 aliphatic heterocycles. The van der Waals surface area contributed by atoms with Crippen LogP contribution in [0.5, 0.6) is 0 Å². The van der Waals surface area contributed by atoms with Crippen LogP contribution in [0, 0.1) is 5.92 Å². The number of hydrogen-bond acceptors (Lipinski definition) is 7. The number of carbonyl (C=O) groups excluding carboxylic acids is 2. The fraction of sp³-hybridized carbons (Fsp3) is 0.448. The van der Waals surface area contributed by atoms with Crippen molar-refractivity contribution in [1.82, 2.24) is 24.8 Å². The lowest BCUT2D eigenvalue weighted by Gasteiger charge is -2.37. The summed E-state index contributed by atoms with van der Waals surface area (Å²) in [6.07, 6.45) is 5.87. The van der Waals surface area contributed by atoms with E-state index >= 15 is 0 Å². The zero-order valence-corrected chi connectivity index (χ0v) is 22.1. The van der Waals surface area contributed by atoms with Crippen molar-refractivity contribution in [1.29, 1.82) is 0 Å². The number of piperidine rings is 1. The molecule has 2 amide bonds. The number of ether oxygens (including phenoxy) is 1. The topological polar surface area (TPSA) is 107 Å². The number of rotatable bonds is 6. The third-order valence-electron chi connectivity index (χ3n) is 8.17. The van der Waals surface area contributed by atoms with Gasteiger partial charge in [-0.1, -0.05) is 18.7 Å². The maximum absolute atomic E-state index is 13.1. The minimum atomic E-state index is -0.0546. The van der Waals surface area contributed by atoms with E-state index in [9.17, 15) is 9.59 Å². The van der Waals surface area contributed by atoms with E-state index in [0.29, 0.717) is 25.8 Å². The monoisotopic (exact) mass is 529 g/mol. The highest BCUT2D eigenvalue weighted by atomic mass is 16.5. The van der Waals surface area contributed by atoms with E-state index in [4.69, 9.17) is 4.74 Å². The molecule has 2 aromatic heterocycles. The minimum absolute atomic E-state index is 0.00504. The van der Waals surface area contributed by atoms with E-state index < -0.39 is 0 Å². The van der Waals surface area contributed by atoms with E-state index in [-0.39, 0.29) is 17.7 Å². The Morgan fingerprint density at radius 1 is 1.05 bits per heavy atom. The van der Waals surface area contributed by atoms with E-state index in [1.54, 1.807) is 6.33 Å². The van der Waals surface area contributed by atoms with Gasteiger partial charge in [-0.05, 0) is 55.6 Å². The van der Waals surface area contributed by atoms with E-state index in [1.165, 1.54) is 6.08 Å². The van der Waals surface area contributed by atoms with Gasteiger partial charge < -0.3 is 24.8 Å². The zero-order valence-electron chi connectivity index (χ0n) is 22.1. The lowest BCUT2D eigenvalue weighted by atomic mass is 10.0. The first-order valence-corrected chi connectivity index (χ1v) is 13.8. The molecule has 0 radical (unpaired) electrons. The summed E-state index contributed by atoms with van der Waals surface area (Å²) in [6.45, 7) is 9.76. The van der Waals surface area contributed by atoms with Crippen molar-refractivity contribution in [2.75, 3.05) is 62.7 Å². The normalized spacial score (nSPS) is 22.3. The number of benzene rings is 1. The van der Waals surface area contributed by atoms with Crippen molar-refractivity contribution in [3.05, 3.63) is 49.3 Å². The van der Waals surface area contributed by atoms with Crippen molar-refractivity contribution in [2.24, 2.45) is 5.92 Å². The van der Waals surface area contributed by atoms with Gasteiger partial charge >= 0.3 is 0 Å². The highest BCUT2D eigenvalue weighted by Crippen LogP contribution is 2.30. The molecule has 6 rings (SSSR count). The maximum atomic E-state index is 13.1. The Kier molecular flexibility index (Phi) is 7.30. The lowest BCUT2D eigenvalue weighted by Crippen LogP contribution is -2.49. The van der Waals surface area contributed by atoms with Crippen LogP contribution in [0.15, 0.2) is 49.3 Å². The second-order valence-electron chi connectivity index (χ2n) is 10.6. The summed E-state index contributed by atoms with van der Waals surface area (Å²) in [6, 6.07) is 10.3. The summed E-state index contributed by atoms with van der Waals surface area (Å²) in [5.74, 6) is 0.917. The standard InChI is InChI=1S/C29H35N7O3/c1-2-26(37)36-10-3-4-23(18-36)35-11-9-21(17-35)29(38)32-22-7-5-20(6-8-22)25-16-24-27(33-25)30-19-31-28(24)34-12-14-39-15-13-34/h2,5-8,16,19,21,23H,1,3-4,9-15,17-18H2,(H,32,38)(H,30,31,33). The molecule has 3 aliphatic rings. The number of amides is 2. The van der Waals surface area contributed by atoms with Crippen LogP contribution in [0.3, 0.4) is 0 Å². The molecular weight excluding hydrogens is 494 g/mol. The minimum Gasteiger partial charge on any atom is -0.378 e. The van der Waals surface area contributed by atoms with Gasteiger partial charge in [-0.25, -0.2) is 9.97 Å². The van der Waals surface area contributed by atoms with Crippen LogP contribution in [0.2, 0.25) is 0 Å². The van der Waals surface area contributed by atoms with Crippen molar-refractivity contribution in [3.63, 3.8) is 0 Å². The van der Waals surface area contributed by atoms with E-state index in [2.05, 4.69) is 42.7 Å². The number of nitrogens with zero attached hydrogens (tertiary/aromatic N) is 5. The quantitative estimate of drug-likeness (QED) is 0.473. The van der Waals surface area contributed by atoms with Crippen LogP contribution >= 0.6 is 0 Å². The summed E-state index contributed by atoms with van der Waals surface area (Å²) in [7, 11) is 0. The first-order valence-electron chi connectivity index (χ1n) is 13.8. The number of anilines is 2. The Balaban J connectivity index is 1.08. The van der Waals surface area contributed by atoms with Gasteiger partial charge in [-0.2, -0.15) is 0 Å². The number of aromatic nitrogens is 3. The lowest BCUT2D eigenvalue weighted by molar-refractivity contribution is -0.128. The number of hydrogen-bond donors (Lipinski definition) is 2. The molecule has 3 aromatic rings. The Labute approximate surface area is 228 Å². The predicted octanol–water partition coefficient (Wildman–Crippen LogP) is 2.90. The van der Waals surface area contributed by atoms with Gasteiger partial charge in [0.15, 0.2) is 0 Å². The number of nitrogens with one attached hydrogen (secondary N) is 2. The largest absolute Gasteiger partial charge is 0.378 e. The number of H-pyrrole nitrogens is 1. The van der Waals surface area contributed by atoms with Gasteiger partial charge in [-0.15, -0.1) is 0 Å². The van der Waals surface area contributed by atoms with Gasteiger partial charge in [0.2, 0.25) is 11.8 Å². The van der Waals surface area contributed by atoms with E-state index in [1.807, 2.05) is 29.2 Å². The molecule has 204 valence electrons. The van der Waals surface area contributed by atoms with Crippen molar-refractivity contribution in [3.8, 4) is 11.3 Å². The molecule has 10 heteroatoms. The number of carbonyl (C=O) groups is 2. The number of likely N-dealkylation sites (tertiary alicyclic amines) is 2. The Morgan fingerprint density at radius 3 is 2.67 bits per heavy atom.